The molecule has 0 radical (unpaired) electrons. The van der Waals surface area contributed by atoms with Gasteiger partial charge in [0, 0.05) is 7.05 Å². The van der Waals surface area contributed by atoms with Crippen molar-refractivity contribution in [1.82, 2.24) is 24.6 Å². The van der Waals surface area contributed by atoms with Gasteiger partial charge in [-0.05, 0) is 26.0 Å². The van der Waals surface area contributed by atoms with Crippen molar-refractivity contribution in [2.45, 2.75) is 50.2 Å². The molecule has 2 aromatic heterocycles. The van der Waals surface area contributed by atoms with Crippen molar-refractivity contribution >= 4 is 36.6 Å². The van der Waals surface area contributed by atoms with E-state index in [1.807, 2.05) is 0 Å². The van der Waals surface area contributed by atoms with Crippen LogP contribution in [0.5, 0.6) is 5.75 Å². The lowest BCUT2D eigenvalue weighted by Crippen LogP contribution is -2.54. The van der Waals surface area contributed by atoms with Gasteiger partial charge in [0.1, 0.15) is 24.0 Å². The molecule has 1 aliphatic rings. The number of carbonyl (C=O) groups excluding carboxylic acids is 1. The first-order valence-electron chi connectivity index (χ1n) is 12.4. The molecule has 0 saturated carbocycles. The predicted octanol–water partition coefficient (Wildman–Crippen LogP) is 2.72. The second-order valence-electron chi connectivity index (χ2n) is 9.04. The SMILES string of the molecule is CCOC(=O)C(C)N[P@@](=O)(OC[C@H]1O[C@@H](n2cnc3c(NC)nc(N)nc32)[C@@](F)(C(F)(F)F)[C@@H]1O)Oc1ccccc1. The van der Waals surface area contributed by atoms with E-state index in [-0.39, 0.29) is 35.3 Å². The van der Waals surface area contributed by atoms with Gasteiger partial charge in [-0.3, -0.25) is 13.9 Å². The topological polar surface area (TPSA) is 185 Å². The highest BCUT2D eigenvalue weighted by atomic mass is 31.2. The number of halogens is 4. The number of alkyl halides is 4. The maximum atomic E-state index is 16.0. The average molecular weight is 621 g/mol. The number of hydrogen-bond donors (Lipinski definition) is 4. The monoisotopic (exact) mass is 621 g/mol. The van der Waals surface area contributed by atoms with Crippen molar-refractivity contribution in [3.8, 4) is 5.75 Å². The molecule has 1 saturated heterocycles. The number of anilines is 2. The smallest absolute Gasteiger partial charge is 0.459 e. The average Bonchev–Trinajstić information content (AvgIpc) is 3.46. The van der Waals surface area contributed by atoms with E-state index in [0.29, 0.717) is 4.57 Å². The summed E-state index contributed by atoms with van der Waals surface area (Å²) in [6.07, 6.45) is -12.3. The Balaban J connectivity index is 1.66. The molecule has 3 heterocycles. The van der Waals surface area contributed by atoms with Crippen LogP contribution in [0.15, 0.2) is 36.7 Å². The maximum absolute atomic E-state index is 16.0. The summed E-state index contributed by atoms with van der Waals surface area (Å²) in [6.45, 7) is 1.76. The minimum Gasteiger partial charge on any atom is -0.465 e. The number of benzene rings is 1. The van der Waals surface area contributed by atoms with Crippen molar-refractivity contribution in [3.63, 3.8) is 0 Å². The molecular weight excluding hydrogens is 593 g/mol. The van der Waals surface area contributed by atoms with Gasteiger partial charge < -0.3 is 30.2 Å². The van der Waals surface area contributed by atoms with E-state index in [1.54, 1.807) is 13.0 Å². The standard InChI is InChI=1S/C23H28F4N7O7P/c1-4-38-19(36)12(2)33-42(37,41-13-8-6-5-7-9-13)39-10-14-16(35)22(24,23(25,26)27)20(40-14)34-11-30-15-17(29-3)31-21(28)32-18(15)34/h5-9,11-12,14,16,20,35H,4,10H2,1-3H3,(H,33,37)(H3,28,29,31,32)/t12?,14-,16-,20-,22-,42-/m1/s1. The third-order valence-electron chi connectivity index (χ3n) is 6.18. The van der Waals surface area contributed by atoms with Crippen LogP contribution >= 0.6 is 7.75 Å². The second kappa shape index (κ2) is 12.0. The molecular formula is C23H28F4N7O7P. The molecule has 42 heavy (non-hydrogen) atoms. The van der Waals surface area contributed by atoms with Crippen molar-refractivity contribution in [1.29, 1.82) is 0 Å². The largest absolute Gasteiger partial charge is 0.465 e. The molecule has 19 heteroatoms. The number of aromatic nitrogens is 4. The van der Waals surface area contributed by atoms with Gasteiger partial charge in [0.15, 0.2) is 23.2 Å². The van der Waals surface area contributed by atoms with E-state index >= 15 is 4.39 Å². The van der Waals surface area contributed by atoms with Gasteiger partial charge in [-0.25, -0.2) is 13.9 Å². The number of nitrogens with two attached hydrogens (primary N) is 1. The fourth-order valence-electron chi connectivity index (χ4n) is 4.18. The van der Waals surface area contributed by atoms with E-state index in [1.165, 1.54) is 38.2 Å². The highest BCUT2D eigenvalue weighted by Gasteiger charge is 2.73. The first-order chi connectivity index (χ1) is 19.7. The van der Waals surface area contributed by atoms with Gasteiger partial charge in [0.25, 0.3) is 5.67 Å². The highest BCUT2D eigenvalue weighted by Crippen LogP contribution is 2.53. The van der Waals surface area contributed by atoms with Crippen LogP contribution in [0, 0.1) is 0 Å². The van der Waals surface area contributed by atoms with Crippen LogP contribution in [0.2, 0.25) is 0 Å². The Hall–Kier alpha value is -3.57. The first kappa shape index (κ1) is 31.4. The van der Waals surface area contributed by atoms with Crippen molar-refractivity contribution in [3.05, 3.63) is 36.7 Å². The van der Waals surface area contributed by atoms with Crippen LogP contribution in [0.1, 0.15) is 20.1 Å². The molecule has 230 valence electrons. The molecule has 0 spiro atoms. The summed E-state index contributed by atoms with van der Waals surface area (Å²) in [5.74, 6) is -1.13. The highest BCUT2D eigenvalue weighted by molar-refractivity contribution is 7.52. The Labute approximate surface area is 236 Å². The van der Waals surface area contributed by atoms with Crippen molar-refractivity contribution < 1.29 is 50.5 Å². The summed E-state index contributed by atoms with van der Waals surface area (Å²) in [5, 5.41) is 15.6. The van der Waals surface area contributed by atoms with Crippen LogP contribution in [0.4, 0.5) is 29.3 Å². The Morgan fingerprint density at radius 2 is 2.00 bits per heavy atom. The van der Waals surface area contributed by atoms with E-state index in [4.69, 9.17) is 24.3 Å². The van der Waals surface area contributed by atoms with E-state index in [2.05, 4.69) is 25.4 Å². The number of carbonyl (C=O) groups is 1. The molecule has 14 nitrogen and oxygen atoms in total. The summed E-state index contributed by atoms with van der Waals surface area (Å²) < 4.78 is 93.9. The molecule has 5 N–H and O–H groups in total. The van der Waals surface area contributed by atoms with Crippen LogP contribution in [-0.4, -0.2) is 81.0 Å². The van der Waals surface area contributed by atoms with Gasteiger partial charge >= 0.3 is 19.9 Å². The Bertz CT molecular complexity index is 1460. The molecule has 1 fully saturated rings. The van der Waals surface area contributed by atoms with Crippen LogP contribution in [0.3, 0.4) is 0 Å². The molecule has 6 atom stereocenters. The number of nitrogen functional groups attached to an aromatic ring is 1. The normalized spacial score (nSPS) is 24.7. The van der Waals surface area contributed by atoms with Crippen molar-refractivity contribution in [2.24, 2.45) is 0 Å². The summed E-state index contributed by atoms with van der Waals surface area (Å²) in [4.78, 5) is 23.8. The Kier molecular flexibility index (Phi) is 8.94. The van der Waals surface area contributed by atoms with E-state index < -0.39 is 56.6 Å². The quantitative estimate of drug-likeness (QED) is 0.139. The zero-order valence-electron chi connectivity index (χ0n) is 22.4. The molecule has 0 bridgehead atoms. The predicted molar refractivity (Wildman–Crippen MR) is 139 cm³/mol. The van der Waals surface area contributed by atoms with Crippen LogP contribution in [0.25, 0.3) is 11.2 Å². The first-order valence-corrected chi connectivity index (χ1v) is 14.0. The van der Waals surface area contributed by atoms with Crippen LogP contribution < -0.4 is 20.7 Å². The molecule has 4 rings (SSSR count). The third-order valence-corrected chi connectivity index (χ3v) is 7.82. The lowest BCUT2D eigenvalue weighted by atomic mass is 9.95. The fraction of sp³-hybridized carbons (Fsp3) is 0.478. The molecule has 0 aliphatic carbocycles. The number of esters is 1. The molecule has 0 amide bonds. The number of ether oxygens (including phenoxy) is 2. The Morgan fingerprint density at radius 1 is 1.31 bits per heavy atom. The zero-order chi connectivity index (χ0) is 30.9. The fourth-order valence-corrected chi connectivity index (χ4v) is 5.68. The van der Waals surface area contributed by atoms with Crippen molar-refractivity contribution in [2.75, 3.05) is 31.3 Å². The molecule has 3 aromatic rings. The van der Waals surface area contributed by atoms with E-state index in [9.17, 15) is 27.6 Å². The summed E-state index contributed by atoms with van der Waals surface area (Å²) in [6, 6.07) is 6.24. The van der Waals surface area contributed by atoms with Crippen LogP contribution in [-0.2, 0) is 23.4 Å². The molecule has 1 unspecified atom stereocenters. The number of aliphatic hydroxyl groups excluding tert-OH is 1. The van der Waals surface area contributed by atoms with Gasteiger partial charge in [0.2, 0.25) is 5.95 Å². The zero-order valence-corrected chi connectivity index (χ0v) is 23.3. The summed E-state index contributed by atoms with van der Waals surface area (Å²) >= 11 is 0. The number of rotatable bonds is 11. The summed E-state index contributed by atoms with van der Waals surface area (Å²) in [7, 11) is -3.13. The third kappa shape index (κ3) is 5.98. The lowest BCUT2D eigenvalue weighted by Gasteiger charge is -2.31. The van der Waals surface area contributed by atoms with Gasteiger partial charge in [-0.1, -0.05) is 18.2 Å². The molecule has 1 aliphatic heterocycles. The van der Waals surface area contributed by atoms with Gasteiger partial charge in [-0.15, -0.1) is 0 Å². The minimum atomic E-state index is -5.67. The molecule has 1 aromatic carbocycles. The maximum Gasteiger partial charge on any atom is 0.459 e. The second-order valence-corrected chi connectivity index (χ2v) is 10.7. The summed E-state index contributed by atoms with van der Waals surface area (Å²) in [5.41, 5.74) is 0.878. The number of nitrogens with zero attached hydrogens (tertiary/aromatic N) is 4. The number of hydrogen-bond acceptors (Lipinski definition) is 12. The lowest BCUT2D eigenvalue weighted by molar-refractivity contribution is -0.273. The van der Waals surface area contributed by atoms with E-state index in [0.717, 1.165) is 6.33 Å². The number of para-hydroxylation sites is 1. The number of fused-ring (bicyclic) bond motifs is 1. The number of aliphatic hydroxyl groups is 1. The number of imidazole rings is 1. The number of nitrogens with one attached hydrogen (secondary N) is 2. The minimum absolute atomic E-state index is 0.00435. The van der Waals surface area contributed by atoms with Gasteiger partial charge in [-0.2, -0.15) is 28.2 Å². The van der Waals surface area contributed by atoms with Gasteiger partial charge in [0.05, 0.1) is 19.5 Å². The Morgan fingerprint density at radius 3 is 2.62 bits per heavy atom.